The lowest BCUT2D eigenvalue weighted by Crippen LogP contribution is -2.35. The van der Waals surface area contributed by atoms with E-state index in [0.717, 1.165) is 37.8 Å². The van der Waals surface area contributed by atoms with Crippen LogP contribution in [0.2, 0.25) is 0 Å². The van der Waals surface area contributed by atoms with Gasteiger partial charge in [0.25, 0.3) is 0 Å². The number of hydrogen-bond acceptors (Lipinski definition) is 2. The second-order valence-corrected chi connectivity index (χ2v) is 5.53. The summed E-state index contributed by atoms with van der Waals surface area (Å²) in [5.41, 5.74) is 1.12. The van der Waals surface area contributed by atoms with Crippen LogP contribution in [0, 0.1) is 11.7 Å². The van der Waals surface area contributed by atoms with Gasteiger partial charge in [-0.3, -0.25) is 0 Å². The predicted octanol–water partition coefficient (Wildman–Crippen LogP) is 3.42. The first kappa shape index (κ1) is 14.5. The molecule has 3 heteroatoms. The van der Waals surface area contributed by atoms with Gasteiger partial charge in [-0.1, -0.05) is 31.9 Å². The first-order chi connectivity index (χ1) is 9.20. The Morgan fingerprint density at radius 1 is 1.26 bits per heavy atom. The summed E-state index contributed by atoms with van der Waals surface area (Å²) in [5, 5.41) is 13.5. The van der Waals surface area contributed by atoms with E-state index in [-0.39, 0.29) is 18.0 Å². The van der Waals surface area contributed by atoms with Gasteiger partial charge in [-0.2, -0.15) is 0 Å². The molecule has 0 saturated heterocycles. The molecular formula is C16H24FNO. The summed E-state index contributed by atoms with van der Waals surface area (Å²) in [6.07, 6.45) is 5.21. The molecule has 2 N–H and O–H groups in total. The molecule has 2 nitrogen and oxygen atoms in total. The summed E-state index contributed by atoms with van der Waals surface area (Å²) < 4.78 is 12.9. The number of aliphatic hydroxyl groups is 1. The average molecular weight is 265 g/mol. The SMILES string of the molecule is CCC(NCC1CCCCC1O)c1ccc(F)cc1. The molecule has 19 heavy (non-hydrogen) atoms. The van der Waals surface area contributed by atoms with Gasteiger partial charge >= 0.3 is 0 Å². The van der Waals surface area contributed by atoms with Gasteiger partial charge in [0.2, 0.25) is 0 Å². The Morgan fingerprint density at radius 3 is 2.58 bits per heavy atom. The number of aliphatic hydroxyl groups excluding tert-OH is 1. The van der Waals surface area contributed by atoms with Crippen LogP contribution in [0.5, 0.6) is 0 Å². The van der Waals surface area contributed by atoms with Crippen LogP contribution in [0.25, 0.3) is 0 Å². The molecule has 106 valence electrons. The van der Waals surface area contributed by atoms with Crippen molar-refractivity contribution in [1.29, 1.82) is 0 Å². The largest absolute Gasteiger partial charge is 0.393 e. The summed E-state index contributed by atoms with van der Waals surface area (Å²) >= 11 is 0. The average Bonchev–Trinajstić information content (AvgIpc) is 2.43. The van der Waals surface area contributed by atoms with Crippen molar-refractivity contribution >= 4 is 0 Å². The number of benzene rings is 1. The van der Waals surface area contributed by atoms with E-state index in [1.165, 1.54) is 18.6 Å². The normalized spacial score (nSPS) is 25.2. The molecule has 3 unspecified atom stereocenters. The van der Waals surface area contributed by atoms with E-state index in [1.807, 2.05) is 12.1 Å². The molecule has 1 aromatic carbocycles. The molecule has 1 saturated carbocycles. The highest BCUT2D eigenvalue weighted by molar-refractivity contribution is 5.19. The van der Waals surface area contributed by atoms with E-state index in [0.29, 0.717) is 5.92 Å². The Bertz CT molecular complexity index is 379. The highest BCUT2D eigenvalue weighted by Gasteiger charge is 2.23. The van der Waals surface area contributed by atoms with Gasteiger partial charge in [-0.25, -0.2) is 4.39 Å². The maximum Gasteiger partial charge on any atom is 0.123 e. The number of hydrogen-bond donors (Lipinski definition) is 2. The van der Waals surface area contributed by atoms with Gasteiger partial charge in [-0.15, -0.1) is 0 Å². The van der Waals surface area contributed by atoms with Gasteiger partial charge < -0.3 is 10.4 Å². The lowest BCUT2D eigenvalue weighted by molar-refractivity contribution is 0.0680. The molecule has 0 radical (unpaired) electrons. The molecule has 1 aromatic rings. The maximum absolute atomic E-state index is 12.9. The Labute approximate surface area is 115 Å². The molecule has 0 heterocycles. The Balaban J connectivity index is 1.90. The third-order valence-corrected chi connectivity index (χ3v) is 4.18. The Kier molecular flexibility index (Phi) is 5.34. The number of nitrogens with one attached hydrogen (secondary N) is 1. The fourth-order valence-corrected chi connectivity index (χ4v) is 2.91. The van der Waals surface area contributed by atoms with E-state index in [9.17, 15) is 9.50 Å². The van der Waals surface area contributed by atoms with Crippen LogP contribution in [0.15, 0.2) is 24.3 Å². The van der Waals surface area contributed by atoms with Crippen LogP contribution in [-0.4, -0.2) is 17.8 Å². The zero-order valence-electron chi connectivity index (χ0n) is 11.6. The standard InChI is InChI=1S/C16H24FNO/c1-2-15(12-7-9-14(17)10-8-12)18-11-13-5-3-4-6-16(13)19/h7-10,13,15-16,18-19H,2-6,11H2,1H3. The lowest BCUT2D eigenvalue weighted by Gasteiger charge is -2.29. The molecular weight excluding hydrogens is 241 g/mol. The third-order valence-electron chi connectivity index (χ3n) is 4.18. The first-order valence-corrected chi connectivity index (χ1v) is 7.37. The highest BCUT2D eigenvalue weighted by atomic mass is 19.1. The van der Waals surface area contributed by atoms with Crippen LogP contribution < -0.4 is 5.32 Å². The van der Waals surface area contributed by atoms with Crippen molar-refractivity contribution in [3.05, 3.63) is 35.6 Å². The fourth-order valence-electron chi connectivity index (χ4n) is 2.91. The molecule has 2 rings (SSSR count). The molecule has 3 atom stereocenters. The second kappa shape index (κ2) is 7.01. The zero-order valence-corrected chi connectivity index (χ0v) is 11.6. The van der Waals surface area contributed by atoms with E-state index in [2.05, 4.69) is 12.2 Å². The quantitative estimate of drug-likeness (QED) is 0.855. The van der Waals surface area contributed by atoms with Crippen molar-refractivity contribution < 1.29 is 9.50 Å². The summed E-state index contributed by atoms with van der Waals surface area (Å²) in [4.78, 5) is 0. The van der Waals surface area contributed by atoms with Gasteiger partial charge in [0.1, 0.15) is 5.82 Å². The fraction of sp³-hybridized carbons (Fsp3) is 0.625. The summed E-state index contributed by atoms with van der Waals surface area (Å²) in [6.45, 7) is 2.97. The molecule has 0 amide bonds. The summed E-state index contributed by atoms with van der Waals surface area (Å²) in [7, 11) is 0. The minimum absolute atomic E-state index is 0.160. The third kappa shape index (κ3) is 4.02. The van der Waals surface area contributed by atoms with Crippen molar-refractivity contribution in [2.24, 2.45) is 5.92 Å². The van der Waals surface area contributed by atoms with Crippen LogP contribution in [0.3, 0.4) is 0 Å². The van der Waals surface area contributed by atoms with Crippen LogP contribution in [0.4, 0.5) is 4.39 Å². The number of rotatable bonds is 5. The summed E-state index contributed by atoms with van der Waals surface area (Å²) in [6, 6.07) is 6.95. The molecule has 0 aliphatic heterocycles. The van der Waals surface area contributed by atoms with Gasteiger partial charge in [0.05, 0.1) is 6.10 Å². The molecule has 0 aromatic heterocycles. The van der Waals surface area contributed by atoms with Gasteiger partial charge in [-0.05, 0) is 42.9 Å². The molecule has 0 spiro atoms. The minimum Gasteiger partial charge on any atom is -0.393 e. The van der Waals surface area contributed by atoms with Crippen molar-refractivity contribution in [1.82, 2.24) is 5.32 Å². The van der Waals surface area contributed by atoms with Gasteiger partial charge in [0.15, 0.2) is 0 Å². The van der Waals surface area contributed by atoms with E-state index in [1.54, 1.807) is 0 Å². The van der Waals surface area contributed by atoms with Crippen molar-refractivity contribution in [3.63, 3.8) is 0 Å². The molecule has 1 fully saturated rings. The van der Waals surface area contributed by atoms with E-state index >= 15 is 0 Å². The van der Waals surface area contributed by atoms with Crippen LogP contribution >= 0.6 is 0 Å². The van der Waals surface area contributed by atoms with E-state index < -0.39 is 0 Å². The lowest BCUT2D eigenvalue weighted by atomic mass is 9.86. The maximum atomic E-state index is 12.9. The smallest absolute Gasteiger partial charge is 0.123 e. The topological polar surface area (TPSA) is 32.3 Å². The van der Waals surface area contributed by atoms with Crippen LogP contribution in [-0.2, 0) is 0 Å². The van der Waals surface area contributed by atoms with Crippen LogP contribution in [0.1, 0.15) is 50.6 Å². The monoisotopic (exact) mass is 265 g/mol. The molecule has 0 bridgehead atoms. The second-order valence-electron chi connectivity index (χ2n) is 5.53. The molecule has 1 aliphatic carbocycles. The van der Waals surface area contributed by atoms with Crippen molar-refractivity contribution in [2.45, 2.75) is 51.2 Å². The zero-order chi connectivity index (χ0) is 13.7. The van der Waals surface area contributed by atoms with E-state index in [4.69, 9.17) is 0 Å². The highest BCUT2D eigenvalue weighted by Crippen LogP contribution is 2.25. The summed E-state index contributed by atoms with van der Waals surface area (Å²) in [5.74, 6) is 0.171. The first-order valence-electron chi connectivity index (χ1n) is 7.37. The number of halogens is 1. The Hall–Kier alpha value is -0.930. The van der Waals surface area contributed by atoms with Crippen molar-refractivity contribution in [2.75, 3.05) is 6.54 Å². The minimum atomic E-state index is -0.193. The predicted molar refractivity (Wildman–Crippen MR) is 75.4 cm³/mol. The Morgan fingerprint density at radius 2 is 1.95 bits per heavy atom. The van der Waals surface area contributed by atoms with Crippen molar-refractivity contribution in [3.8, 4) is 0 Å². The molecule has 1 aliphatic rings. The van der Waals surface area contributed by atoms with Gasteiger partial charge in [0, 0.05) is 12.6 Å².